The Morgan fingerprint density at radius 3 is 2.46 bits per heavy atom. The summed E-state index contributed by atoms with van der Waals surface area (Å²) in [5.41, 5.74) is 4.32. The highest BCUT2D eigenvalue weighted by Gasteiger charge is 2.30. The van der Waals surface area contributed by atoms with Gasteiger partial charge in [0.25, 0.3) is 0 Å². The van der Waals surface area contributed by atoms with E-state index in [9.17, 15) is 14.2 Å². The quantitative estimate of drug-likeness (QED) is 0.165. The predicted molar refractivity (Wildman–Crippen MR) is 214 cm³/mol. The number of para-hydroxylation sites is 1. The number of urea groups is 1. The van der Waals surface area contributed by atoms with Crippen molar-refractivity contribution in [2.45, 2.75) is 31.8 Å². The molecular weight excluding hydrogens is 727 g/mol. The van der Waals surface area contributed by atoms with Crippen molar-refractivity contribution in [3.05, 3.63) is 77.7 Å². The number of nitrogens with one attached hydrogen (secondary N) is 3. The Morgan fingerprint density at radius 2 is 1.72 bits per heavy atom. The van der Waals surface area contributed by atoms with Gasteiger partial charge in [-0.25, -0.2) is 9.78 Å². The minimum atomic E-state index is -2.54. The smallest absolute Gasteiger partial charge is 0.328 e. The Bertz CT molecular complexity index is 2050. The number of pyridine rings is 1. The number of ether oxygens (including phenoxy) is 1. The second kappa shape index (κ2) is 16.3. The van der Waals surface area contributed by atoms with E-state index in [0.717, 1.165) is 86.6 Å². The zero-order chi connectivity index (χ0) is 37.8. The van der Waals surface area contributed by atoms with Crippen LogP contribution in [-0.4, -0.2) is 109 Å². The number of amides is 3. The van der Waals surface area contributed by atoms with Crippen molar-refractivity contribution in [1.82, 2.24) is 30.1 Å². The zero-order valence-corrected chi connectivity index (χ0v) is 32.4. The lowest BCUT2D eigenvalue weighted by atomic mass is 10.0. The van der Waals surface area contributed by atoms with Crippen LogP contribution >= 0.6 is 18.7 Å². The maximum Gasteiger partial charge on any atom is 0.328 e. The van der Waals surface area contributed by atoms with Crippen LogP contribution in [0.25, 0.3) is 0 Å². The lowest BCUT2D eigenvalue weighted by Crippen LogP contribution is -2.53. The molecule has 0 saturated carbocycles. The highest BCUT2D eigenvalue weighted by atomic mass is 35.5. The van der Waals surface area contributed by atoms with Crippen molar-refractivity contribution in [1.29, 1.82) is 0 Å². The van der Waals surface area contributed by atoms with Crippen molar-refractivity contribution in [3.8, 4) is 5.75 Å². The first-order valence-electron chi connectivity index (χ1n) is 18.2. The monoisotopic (exact) mass is 772 g/mol. The minimum absolute atomic E-state index is 0.241. The summed E-state index contributed by atoms with van der Waals surface area (Å²) in [4.78, 5) is 46.5. The number of benzene rings is 2. The minimum Gasteiger partial charge on any atom is -0.494 e. The molecule has 3 amide bonds. The maximum atomic E-state index is 12.9. The van der Waals surface area contributed by atoms with Crippen LogP contribution in [0.3, 0.4) is 0 Å². The molecule has 14 nitrogen and oxygen atoms in total. The number of hydrogen-bond donors (Lipinski definition) is 3. The summed E-state index contributed by atoms with van der Waals surface area (Å²) >= 11 is 6.47. The molecule has 0 spiro atoms. The standard InChI is InChI=1S/C38H46ClN10O4P/c1-53-33-22-28(8-9-30(33)43-37-41-23-29(39)36(45-37)42-31-6-4-5-7-34(31)54(2,3)52)47-15-11-27(12-16-47)48-20-18-46(19-21-48)25-26-10-14-40-24-32(26)49-17-13-35(50)44-38(49)51/h4-10,14,22-24,27H,11-13,15-21,25H2,1-3H3,(H,44,50,51)(H2,41,42,43,45). The molecule has 3 saturated heterocycles. The molecule has 284 valence electrons. The molecule has 5 heterocycles. The van der Waals surface area contributed by atoms with Crippen molar-refractivity contribution in [3.63, 3.8) is 0 Å². The zero-order valence-electron chi connectivity index (χ0n) is 30.8. The summed E-state index contributed by atoms with van der Waals surface area (Å²) in [6.07, 6.45) is 7.44. The number of halogens is 1. The van der Waals surface area contributed by atoms with E-state index < -0.39 is 7.14 Å². The molecule has 0 atom stereocenters. The SMILES string of the molecule is COc1cc(N2CCC(N3CCN(Cc4ccncc4N4CCC(=O)NC4=O)CC3)CC2)ccc1Nc1ncc(Cl)c(Nc2ccccc2P(C)(C)=O)n1. The fourth-order valence-electron chi connectivity index (χ4n) is 7.39. The van der Waals surface area contributed by atoms with Crippen molar-refractivity contribution >= 4 is 70.5 Å². The molecule has 0 unspecified atom stereocenters. The third-order valence-corrected chi connectivity index (χ3v) is 12.1. The van der Waals surface area contributed by atoms with E-state index in [-0.39, 0.29) is 18.4 Å². The summed E-state index contributed by atoms with van der Waals surface area (Å²) < 4.78 is 18.7. The average molecular weight is 773 g/mol. The van der Waals surface area contributed by atoms with E-state index in [4.69, 9.17) is 16.3 Å². The summed E-state index contributed by atoms with van der Waals surface area (Å²) in [6.45, 7) is 10.3. The van der Waals surface area contributed by atoms with Crippen molar-refractivity contribution in [2.24, 2.45) is 0 Å². The number of aromatic nitrogens is 3. The van der Waals surface area contributed by atoms with E-state index in [2.05, 4.69) is 51.7 Å². The molecule has 3 fully saturated rings. The van der Waals surface area contributed by atoms with Gasteiger partial charge < -0.3 is 24.8 Å². The molecule has 2 aromatic heterocycles. The van der Waals surface area contributed by atoms with Gasteiger partial charge in [0.1, 0.15) is 17.9 Å². The van der Waals surface area contributed by atoms with Gasteiger partial charge in [-0.15, -0.1) is 0 Å². The number of carbonyl (C=O) groups is 2. The number of rotatable bonds is 11. The van der Waals surface area contributed by atoms with Crippen LogP contribution in [0.1, 0.15) is 24.8 Å². The Hall–Kier alpha value is -4.75. The number of piperidine rings is 1. The predicted octanol–water partition coefficient (Wildman–Crippen LogP) is 5.50. The van der Waals surface area contributed by atoms with Gasteiger partial charge in [0.15, 0.2) is 5.82 Å². The molecule has 2 aromatic carbocycles. The summed E-state index contributed by atoms with van der Waals surface area (Å²) in [5, 5.41) is 10.0. The van der Waals surface area contributed by atoms with Gasteiger partial charge >= 0.3 is 6.03 Å². The van der Waals surface area contributed by atoms with Gasteiger partial charge in [0.05, 0.1) is 36.6 Å². The van der Waals surface area contributed by atoms with Gasteiger partial charge in [-0.2, -0.15) is 4.98 Å². The highest BCUT2D eigenvalue weighted by Crippen LogP contribution is 2.39. The molecular formula is C38H46ClN10O4P. The maximum absolute atomic E-state index is 12.9. The number of methoxy groups -OCH3 is 1. The number of nitrogens with zero attached hydrogens (tertiary/aromatic N) is 7. The van der Waals surface area contributed by atoms with Crippen LogP contribution in [0, 0.1) is 0 Å². The first kappa shape index (κ1) is 37.6. The summed E-state index contributed by atoms with van der Waals surface area (Å²) in [7, 11) is -0.891. The fraction of sp³-hybridized carbons (Fsp3) is 0.395. The summed E-state index contributed by atoms with van der Waals surface area (Å²) in [5.74, 6) is 1.18. The number of anilines is 6. The summed E-state index contributed by atoms with van der Waals surface area (Å²) in [6, 6.07) is 15.7. The Balaban J connectivity index is 0.928. The lowest BCUT2D eigenvalue weighted by molar-refractivity contribution is -0.120. The van der Waals surface area contributed by atoms with Crippen molar-refractivity contribution in [2.75, 3.05) is 86.7 Å². The number of carbonyl (C=O) groups excluding carboxylic acids is 2. The fourth-order valence-corrected chi connectivity index (χ4v) is 8.69. The Labute approximate surface area is 320 Å². The average Bonchev–Trinajstić information content (AvgIpc) is 3.17. The highest BCUT2D eigenvalue weighted by molar-refractivity contribution is 7.70. The van der Waals surface area contributed by atoms with Crippen LogP contribution in [-0.2, 0) is 15.9 Å². The lowest BCUT2D eigenvalue weighted by Gasteiger charge is -2.43. The molecule has 0 aliphatic carbocycles. The van der Waals surface area contributed by atoms with Crippen LogP contribution in [0.2, 0.25) is 5.02 Å². The van der Waals surface area contributed by atoms with E-state index in [1.54, 1.807) is 37.7 Å². The van der Waals surface area contributed by atoms with Crippen LogP contribution in [0.4, 0.5) is 39.3 Å². The second-order valence-electron chi connectivity index (χ2n) is 14.2. The van der Waals surface area contributed by atoms with Gasteiger partial charge in [0, 0.05) is 88.1 Å². The molecule has 16 heteroatoms. The molecule has 3 N–H and O–H groups in total. The van der Waals surface area contributed by atoms with Crippen LogP contribution in [0.5, 0.6) is 5.75 Å². The first-order valence-corrected chi connectivity index (χ1v) is 21.2. The molecule has 4 aromatic rings. The largest absolute Gasteiger partial charge is 0.494 e. The molecule has 7 rings (SSSR count). The van der Waals surface area contributed by atoms with E-state index in [0.29, 0.717) is 40.8 Å². The molecule has 0 bridgehead atoms. The first-order chi connectivity index (χ1) is 26.1. The molecule has 0 radical (unpaired) electrons. The number of piperazine rings is 1. The van der Waals surface area contributed by atoms with Crippen LogP contribution < -0.4 is 35.8 Å². The van der Waals surface area contributed by atoms with Gasteiger partial charge in [-0.1, -0.05) is 23.7 Å². The number of imide groups is 1. The topological polar surface area (TPSA) is 148 Å². The normalized spacial score (nSPS) is 17.7. The van der Waals surface area contributed by atoms with Crippen LogP contribution in [0.15, 0.2) is 67.1 Å². The third kappa shape index (κ3) is 8.63. The third-order valence-electron chi connectivity index (χ3n) is 10.3. The van der Waals surface area contributed by atoms with Gasteiger partial charge in [-0.05, 0) is 62.1 Å². The van der Waals surface area contributed by atoms with E-state index >= 15 is 0 Å². The Kier molecular flexibility index (Phi) is 11.4. The van der Waals surface area contributed by atoms with Gasteiger partial charge in [-0.3, -0.25) is 29.8 Å². The Morgan fingerprint density at radius 1 is 0.944 bits per heavy atom. The molecule has 54 heavy (non-hydrogen) atoms. The number of hydrogen-bond acceptors (Lipinski definition) is 12. The van der Waals surface area contributed by atoms with Crippen molar-refractivity contribution < 1.29 is 18.9 Å². The van der Waals surface area contributed by atoms with Gasteiger partial charge in [0.2, 0.25) is 11.9 Å². The van der Waals surface area contributed by atoms with E-state index in [1.165, 1.54) is 6.20 Å². The molecule has 3 aliphatic rings. The second-order valence-corrected chi connectivity index (χ2v) is 17.8. The molecule has 3 aliphatic heterocycles. The van der Waals surface area contributed by atoms with E-state index in [1.807, 2.05) is 42.5 Å².